The third kappa shape index (κ3) is 3.61. The molecule has 1 aromatic carbocycles. The SMILES string of the molecule is Cc1ccc(Br)cc1-c1ccnc(CC(C)CN)n1. The number of rotatable bonds is 4. The van der Waals surface area contributed by atoms with Crippen LogP contribution in [-0.4, -0.2) is 16.5 Å². The fourth-order valence-electron chi connectivity index (χ4n) is 1.91. The third-order valence-electron chi connectivity index (χ3n) is 3.11. The molecule has 1 aromatic heterocycles. The van der Waals surface area contributed by atoms with Gasteiger partial charge in [0.25, 0.3) is 0 Å². The molecular weight excluding hydrogens is 302 g/mol. The molecule has 1 heterocycles. The highest BCUT2D eigenvalue weighted by Crippen LogP contribution is 2.25. The molecule has 100 valence electrons. The summed E-state index contributed by atoms with van der Waals surface area (Å²) in [5.74, 6) is 1.26. The van der Waals surface area contributed by atoms with Gasteiger partial charge in [-0.05, 0) is 43.1 Å². The largest absolute Gasteiger partial charge is 0.330 e. The molecule has 2 rings (SSSR count). The molecule has 1 atom stereocenters. The summed E-state index contributed by atoms with van der Waals surface area (Å²) in [5, 5.41) is 0. The van der Waals surface area contributed by atoms with Gasteiger partial charge < -0.3 is 5.73 Å². The average Bonchev–Trinajstić information content (AvgIpc) is 2.41. The first-order valence-corrected chi connectivity index (χ1v) is 7.18. The van der Waals surface area contributed by atoms with E-state index < -0.39 is 0 Å². The monoisotopic (exact) mass is 319 g/mol. The van der Waals surface area contributed by atoms with E-state index in [9.17, 15) is 0 Å². The summed E-state index contributed by atoms with van der Waals surface area (Å²) in [6, 6.07) is 8.17. The second kappa shape index (κ2) is 6.26. The van der Waals surface area contributed by atoms with Crippen molar-refractivity contribution < 1.29 is 0 Å². The standard InChI is InChI=1S/C15H18BrN3/c1-10(9-17)7-15-18-6-5-14(19-15)13-8-12(16)4-3-11(13)2/h3-6,8,10H,7,9,17H2,1-2H3. The number of halogens is 1. The van der Waals surface area contributed by atoms with Crippen molar-refractivity contribution in [2.24, 2.45) is 11.7 Å². The van der Waals surface area contributed by atoms with Crippen LogP contribution < -0.4 is 5.73 Å². The molecule has 0 fully saturated rings. The zero-order valence-corrected chi connectivity index (χ0v) is 12.8. The minimum Gasteiger partial charge on any atom is -0.330 e. The number of benzene rings is 1. The normalized spacial score (nSPS) is 12.4. The fourth-order valence-corrected chi connectivity index (χ4v) is 2.27. The number of nitrogens with two attached hydrogens (primary N) is 1. The van der Waals surface area contributed by atoms with Crippen LogP contribution in [0.4, 0.5) is 0 Å². The van der Waals surface area contributed by atoms with Crippen molar-refractivity contribution >= 4 is 15.9 Å². The smallest absolute Gasteiger partial charge is 0.129 e. The Labute approximate surface area is 122 Å². The van der Waals surface area contributed by atoms with Gasteiger partial charge in [-0.25, -0.2) is 9.97 Å². The van der Waals surface area contributed by atoms with E-state index in [0.717, 1.165) is 28.0 Å². The van der Waals surface area contributed by atoms with Crippen molar-refractivity contribution in [2.45, 2.75) is 20.3 Å². The van der Waals surface area contributed by atoms with Gasteiger partial charge in [0.15, 0.2) is 0 Å². The van der Waals surface area contributed by atoms with Gasteiger partial charge in [0.2, 0.25) is 0 Å². The lowest BCUT2D eigenvalue weighted by molar-refractivity contribution is 0.574. The lowest BCUT2D eigenvalue weighted by Crippen LogP contribution is -2.14. The van der Waals surface area contributed by atoms with E-state index in [1.807, 2.05) is 18.3 Å². The van der Waals surface area contributed by atoms with Gasteiger partial charge in [-0.2, -0.15) is 0 Å². The van der Waals surface area contributed by atoms with Crippen LogP contribution in [0.3, 0.4) is 0 Å². The van der Waals surface area contributed by atoms with Gasteiger partial charge in [-0.3, -0.25) is 0 Å². The minimum atomic E-state index is 0.402. The maximum atomic E-state index is 5.65. The molecule has 0 radical (unpaired) electrons. The Morgan fingerprint density at radius 3 is 2.84 bits per heavy atom. The quantitative estimate of drug-likeness (QED) is 0.940. The molecule has 2 aromatic rings. The van der Waals surface area contributed by atoms with Crippen LogP contribution in [-0.2, 0) is 6.42 Å². The van der Waals surface area contributed by atoms with Crippen LogP contribution in [0, 0.1) is 12.8 Å². The minimum absolute atomic E-state index is 0.402. The van der Waals surface area contributed by atoms with Crippen LogP contribution in [0.2, 0.25) is 0 Å². The molecule has 0 aliphatic heterocycles. The average molecular weight is 320 g/mol. The predicted molar refractivity (Wildman–Crippen MR) is 81.8 cm³/mol. The van der Waals surface area contributed by atoms with E-state index in [2.05, 4.69) is 51.9 Å². The molecule has 3 nitrogen and oxygen atoms in total. The van der Waals surface area contributed by atoms with Crippen molar-refractivity contribution in [3.05, 3.63) is 46.3 Å². The Balaban J connectivity index is 2.35. The molecule has 0 spiro atoms. The van der Waals surface area contributed by atoms with E-state index >= 15 is 0 Å². The van der Waals surface area contributed by atoms with Crippen molar-refractivity contribution in [3.8, 4) is 11.3 Å². The Kier molecular flexibility index (Phi) is 4.66. The van der Waals surface area contributed by atoms with Crippen LogP contribution in [0.15, 0.2) is 34.9 Å². The van der Waals surface area contributed by atoms with Crippen molar-refractivity contribution in [2.75, 3.05) is 6.54 Å². The molecule has 0 aliphatic carbocycles. The van der Waals surface area contributed by atoms with Crippen LogP contribution in [0.5, 0.6) is 0 Å². The van der Waals surface area contributed by atoms with Gasteiger partial charge in [-0.15, -0.1) is 0 Å². The highest BCUT2D eigenvalue weighted by atomic mass is 79.9. The van der Waals surface area contributed by atoms with Crippen LogP contribution >= 0.6 is 15.9 Å². The Morgan fingerprint density at radius 1 is 1.32 bits per heavy atom. The topological polar surface area (TPSA) is 51.8 Å². The molecular formula is C15H18BrN3. The van der Waals surface area contributed by atoms with Crippen LogP contribution in [0.1, 0.15) is 18.3 Å². The number of aromatic nitrogens is 2. The summed E-state index contributed by atoms with van der Waals surface area (Å²) in [7, 11) is 0. The molecule has 0 bridgehead atoms. The number of nitrogens with zero attached hydrogens (tertiary/aromatic N) is 2. The second-order valence-electron chi connectivity index (χ2n) is 4.86. The van der Waals surface area contributed by atoms with Crippen LogP contribution in [0.25, 0.3) is 11.3 Å². The summed E-state index contributed by atoms with van der Waals surface area (Å²) < 4.78 is 1.06. The summed E-state index contributed by atoms with van der Waals surface area (Å²) in [4.78, 5) is 8.97. The molecule has 0 amide bonds. The zero-order valence-electron chi connectivity index (χ0n) is 11.2. The highest BCUT2D eigenvalue weighted by Gasteiger charge is 2.08. The predicted octanol–water partition coefficient (Wildman–Crippen LogP) is 3.35. The van der Waals surface area contributed by atoms with Crippen molar-refractivity contribution in [1.29, 1.82) is 0 Å². The zero-order chi connectivity index (χ0) is 13.8. The van der Waals surface area contributed by atoms with E-state index in [1.165, 1.54) is 5.56 Å². The Hall–Kier alpha value is -1.26. The molecule has 4 heteroatoms. The van der Waals surface area contributed by atoms with E-state index in [1.54, 1.807) is 0 Å². The van der Waals surface area contributed by atoms with Gasteiger partial charge in [-0.1, -0.05) is 28.9 Å². The molecule has 0 saturated carbocycles. The van der Waals surface area contributed by atoms with E-state index in [0.29, 0.717) is 12.5 Å². The Bertz CT molecular complexity index is 569. The summed E-state index contributed by atoms with van der Waals surface area (Å²) in [5.41, 5.74) is 8.96. The molecule has 2 N–H and O–H groups in total. The van der Waals surface area contributed by atoms with Crippen molar-refractivity contribution in [1.82, 2.24) is 9.97 Å². The summed E-state index contributed by atoms with van der Waals surface area (Å²) >= 11 is 3.50. The number of hydrogen-bond acceptors (Lipinski definition) is 3. The highest BCUT2D eigenvalue weighted by molar-refractivity contribution is 9.10. The van der Waals surface area contributed by atoms with Gasteiger partial charge in [0.05, 0.1) is 5.69 Å². The first-order valence-electron chi connectivity index (χ1n) is 6.38. The molecule has 19 heavy (non-hydrogen) atoms. The number of aryl methyl sites for hydroxylation is 1. The fraction of sp³-hybridized carbons (Fsp3) is 0.333. The van der Waals surface area contributed by atoms with Gasteiger partial charge >= 0.3 is 0 Å². The first-order chi connectivity index (χ1) is 9.10. The first kappa shape index (κ1) is 14.2. The van der Waals surface area contributed by atoms with Gasteiger partial charge in [0, 0.05) is 22.7 Å². The summed E-state index contributed by atoms with van der Waals surface area (Å²) in [6.45, 7) is 4.86. The summed E-state index contributed by atoms with van der Waals surface area (Å²) in [6.07, 6.45) is 2.64. The second-order valence-corrected chi connectivity index (χ2v) is 5.78. The lowest BCUT2D eigenvalue weighted by atomic mass is 10.0. The maximum absolute atomic E-state index is 5.65. The number of hydrogen-bond donors (Lipinski definition) is 1. The lowest BCUT2D eigenvalue weighted by Gasteiger charge is -2.10. The molecule has 0 saturated heterocycles. The molecule has 0 aliphatic rings. The third-order valence-corrected chi connectivity index (χ3v) is 3.61. The van der Waals surface area contributed by atoms with Crippen molar-refractivity contribution in [3.63, 3.8) is 0 Å². The van der Waals surface area contributed by atoms with Gasteiger partial charge in [0.1, 0.15) is 5.82 Å². The van der Waals surface area contributed by atoms with E-state index in [4.69, 9.17) is 5.73 Å². The maximum Gasteiger partial charge on any atom is 0.129 e. The Morgan fingerprint density at radius 2 is 2.11 bits per heavy atom. The molecule has 1 unspecified atom stereocenters. The van der Waals surface area contributed by atoms with E-state index in [-0.39, 0.29) is 0 Å².